The molecule has 0 aliphatic heterocycles. The number of hydrogen-bond acceptors (Lipinski definition) is 3. The molecule has 1 atom stereocenters. The van der Waals surface area contributed by atoms with Crippen LogP contribution in [0.2, 0.25) is 0 Å². The summed E-state index contributed by atoms with van der Waals surface area (Å²) in [7, 11) is 1.76. The first-order valence-corrected chi connectivity index (χ1v) is 6.82. The van der Waals surface area contributed by atoms with Gasteiger partial charge in [0.25, 0.3) is 0 Å². The molecule has 2 amide bonds. The number of carboxylic acids is 1. The number of rotatable bonds is 4. The summed E-state index contributed by atoms with van der Waals surface area (Å²) >= 11 is 0. The lowest BCUT2D eigenvalue weighted by Gasteiger charge is -2.35. The highest BCUT2D eigenvalue weighted by Gasteiger charge is 2.26. The third-order valence-corrected chi connectivity index (χ3v) is 3.64. The predicted octanol–water partition coefficient (Wildman–Crippen LogP) is 2.36. The molecule has 1 heterocycles. The Morgan fingerprint density at radius 2 is 2.00 bits per heavy atom. The van der Waals surface area contributed by atoms with Gasteiger partial charge in [-0.15, -0.1) is 0 Å². The van der Waals surface area contributed by atoms with E-state index in [1.807, 2.05) is 6.92 Å². The van der Waals surface area contributed by atoms with Gasteiger partial charge in [0.05, 0.1) is 0 Å². The molecule has 6 heteroatoms. The molecular formula is C15H23N3O3. The van der Waals surface area contributed by atoms with Crippen LogP contribution in [0.4, 0.5) is 4.79 Å². The van der Waals surface area contributed by atoms with E-state index < -0.39 is 5.97 Å². The minimum absolute atomic E-state index is 0.00319. The molecule has 1 unspecified atom stereocenters. The molecule has 0 saturated carbocycles. The monoisotopic (exact) mass is 293 g/mol. The van der Waals surface area contributed by atoms with Crippen molar-refractivity contribution >= 4 is 12.0 Å². The van der Waals surface area contributed by atoms with E-state index in [9.17, 15) is 9.59 Å². The fourth-order valence-electron chi connectivity index (χ4n) is 1.71. The van der Waals surface area contributed by atoms with Crippen LogP contribution in [-0.2, 0) is 6.54 Å². The quantitative estimate of drug-likeness (QED) is 0.892. The SMILES string of the molecule is CC(N(C)C(=O)NCc1ccc(C(=O)O)nc1)C(C)(C)C. The zero-order chi connectivity index (χ0) is 16.2. The third kappa shape index (κ3) is 4.73. The van der Waals surface area contributed by atoms with Crippen molar-refractivity contribution in [2.45, 2.75) is 40.3 Å². The van der Waals surface area contributed by atoms with Crippen LogP contribution in [-0.4, -0.2) is 40.1 Å². The molecule has 0 spiro atoms. The summed E-state index contributed by atoms with van der Waals surface area (Å²) in [6.07, 6.45) is 1.46. The molecule has 0 aliphatic rings. The van der Waals surface area contributed by atoms with Crippen molar-refractivity contribution in [1.29, 1.82) is 0 Å². The van der Waals surface area contributed by atoms with E-state index in [4.69, 9.17) is 5.11 Å². The van der Waals surface area contributed by atoms with Gasteiger partial charge in [-0.05, 0) is 24.0 Å². The second kappa shape index (κ2) is 6.56. The summed E-state index contributed by atoms with van der Waals surface area (Å²) < 4.78 is 0. The van der Waals surface area contributed by atoms with Crippen molar-refractivity contribution in [2.75, 3.05) is 7.05 Å². The first kappa shape index (κ1) is 16.9. The lowest BCUT2D eigenvalue weighted by atomic mass is 9.87. The number of carbonyl (C=O) groups excluding carboxylic acids is 1. The Labute approximate surface area is 125 Å². The van der Waals surface area contributed by atoms with E-state index in [1.165, 1.54) is 12.3 Å². The fourth-order valence-corrected chi connectivity index (χ4v) is 1.71. The average molecular weight is 293 g/mol. The summed E-state index contributed by atoms with van der Waals surface area (Å²) in [6.45, 7) is 8.55. The lowest BCUT2D eigenvalue weighted by molar-refractivity contribution is 0.0690. The third-order valence-electron chi connectivity index (χ3n) is 3.64. The van der Waals surface area contributed by atoms with Crippen molar-refractivity contribution in [1.82, 2.24) is 15.2 Å². The second-order valence-corrected chi connectivity index (χ2v) is 6.17. The van der Waals surface area contributed by atoms with E-state index in [-0.39, 0.29) is 23.2 Å². The van der Waals surface area contributed by atoms with Gasteiger partial charge in [-0.25, -0.2) is 14.6 Å². The van der Waals surface area contributed by atoms with Crippen molar-refractivity contribution in [3.63, 3.8) is 0 Å². The van der Waals surface area contributed by atoms with Crippen LogP contribution in [0.1, 0.15) is 43.7 Å². The summed E-state index contributed by atoms with van der Waals surface area (Å²) in [6, 6.07) is 2.99. The van der Waals surface area contributed by atoms with Gasteiger partial charge in [0.15, 0.2) is 0 Å². The summed E-state index contributed by atoms with van der Waals surface area (Å²) in [4.78, 5) is 28.3. The maximum absolute atomic E-state index is 12.1. The maximum atomic E-state index is 12.1. The molecule has 1 aromatic rings. The smallest absolute Gasteiger partial charge is 0.354 e. The van der Waals surface area contributed by atoms with Gasteiger partial charge in [0, 0.05) is 25.8 Å². The molecule has 0 fully saturated rings. The Balaban J connectivity index is 2.58. The van der Waals surface area contributed by atoms with Gasteiger partial charge in [-0.3, -0.25) is 0 Å². The second-order valence-electron chi connectivity index (χ2n) is 6.17. The fraction of sp³-hybridized carbons (Fsp3) is 0.533. The lowest BCUT2D eigenvalue weighted by Crippen LogP contribution is -2.47. The van der Waals surface area contributed by atoms with E-state index in [0.29, 0.717) is 6.54 Å². The van der Waals surface area contributed by atoms with Crippen molar-refractivity contribution in [3.05, 3.63) is 29.6 Å². The zero-order valence-electron chi connectivity index (χ0n) is 13.2. The molecule has 1 aromatic heterocycles. The molecule has 21 heavy (non-hydrogen) atoms. The van der Waals surface area contributed by atoms with E-state index in [2.05, 4.69) is 31.1 Å². The average Bonchev–Trinajstić information content (AvgIpc) is 2.42. The van der Waals surface area contributed by atoms with Crippen LogP contribution in [0.3, 0.4) is 0 Å². The number of nitrogens with one attached hydrogen (secondary N) is 1. The maximum Gasteiger partial charge on any atom is 0.354 e. The Morgan fingerprint density at radius 3 is 2.43 bits per heavy atom. The highest BCUT2D eigenvalue weighted by molar-refractivity contribution is 5.85. The van der Waals surface area contributed by atoms with E-state index >= 15 is 0 Å². The number of hydrogen-bond donors (Lipinski definition) is 2. The number of aromatic carboxylic acids is 1. The Kier molecular flexibility index (Phi) is 5.29. The largest absolute Gasteiger partial charge is 0.477 e. The molecular weight excluding hydrogens is 270 g/mol. The number of amides is 2. The first-order chi connectivity index (χ1) is 9.62. The van der Waals surface area contributed by atoms with Crippen LogP contribution < -0.4 is 5.32 Å². The molecule has 0 aliphatic carbocycles. The normalized spacial score (nSPS) is 12.6. The van der Waals surface area contributed by atoms with Crippen LogP contribution >= 0.6 is 0 Å². The van der Waals surface area contributed by atoms with E-state index in [0.717, 1.165) is 5.56 Å². The summed E-state index contributed by atoms with van der Waals surface area (Å²) in [5.74, 6) is -1.07. The molecule has 0 saturated heterocycles. The van der Waals surface area contributed by atoms with Crippen LogP contribution in [0.25, 0.3) is 0 Å². The Morgan fingerprint density at radius 1 is 1.38 bits per heavy atom. The minimum atomic E-state index is -1.07. The van der Waals surface area contributed by atoms with Crippen molar-refractivity contribution < 1.29 is 14.7 Å². The predicted molar refractivity (Wildman–Crippen MR) is 80.1 cm³/mol. The van der Waals surface area contributed by atoms with Crippen molar-refractivity contribution in [2.24, 2.45) is 5.41 Å². The highest BCUT2D eigenvalue weighted by atomic mass is 16.4. The number of nitrogens with zero attached hydrogens (tertiary/aromatic N) is 2. The Hall–Kier alpha value is -2.11. The molecule has 2 N–H and O–H groups in total. The van der Waals surface area contributed by atoms with Crippen LogP contribution in [0.15, 0.2) is 18.3 Å². The number of pyridine rings is 1. The number of urea groups is 1. The summed E-state index contributed by atoms with van der Waals surface area (Å²) in [5.41, 5.74) is 0.741. The van der Waals surface area contributed by atoms with Crippen molar-refractivity contribution in [3.8, 4) is 0 Å². The standard InChI is InChI=1S/C15H23N3O3/c1-10(15(2,3)4)18(5)14(21)17-9-11-6-7-12(13(19)20)16-8-11/h6-8,10H,9H2,1-5H3,(H,17,21)(H,19,20). The number of carboxylic acid groups (broad SMARTS) is 1. The van der Waals surface area contributed by atoms with Gasteiger partial charge in [0.1, 0.15) is 5.69 Å². The topological polar surface area (TPSA) is 82.5 Å². The number of carbonyl (C=O) groups is 2. The summed E-state index contributed by atoms with van der Waals surface area (Å²) in [5, 5.41) is 11.6. The molecule has 0 aromatic carbocycles. The molecule has 6 nitrogen and oxygen atoms in total. The van der Waals surface area contributed by atoms with Gasteiger partial charge in [-0.1, -0.05) is 26.8 Å². The van der Waals surface area contributed by atoms with E-state index in [1.54, 1.807) is 18.0 Å². The Bertz CT molecular complexity index is 506. The van der Waals surface area contributed by atoms with Crippen LogP contribution in [0.5, 0.6) is 0 Å². The molecule has 1 rings (SSSR count). The number of aromatic nitrogens is 1. The first-order valence-electron chi connectivity index (χ1n) is 6.82. The molecule has 116 valence electrons. The highest BCUT2D eigenvalue weighted by Crippen LogP contribution is 2.22. The van der Waals surface area contributed by atoms with Gasteiger partial charge in [0.2, 0.25) is 0 Å². The van der Waals surface area contributed by atoms with Gasteiger partial charge in [-0.2, -0.15) is 0 Å². The zero-order valence-corrected chi connectivity index (χ0v) is 13.2. The van der Waals surface area contributed by atoms with Gasteiger partial charge >= 0.3 is 12.0 Å². The molecule has 0 bridgehead atoms. The van der Waals surface area contributed by atoms with Gasteiger partial charge < -0.3 is 15.3 Å². The minimum Gasteiger partial charge on any atom is -0.477 e. The van der Waals surface area contributed by atoms with Crippen LogP contribution in [0, 0.1) is 5.41 Å². The molecule has 0 radical (unpaired) electrons.